The zero-order valence-corrected chi connectivity index (χ0v) is 15.6. The molecule has 1 atom stereocenters. The third kappa shape index (κ3) is 4.21. The maximum Gasteiger partial charge on any atom is 0.243 e. The molecule has 2 heterocycles. The lowest BCUT2D eigenvalue weighted by atomic mass is 10.2. The molecule has 136 valence electrons. The highest BCUT2D eigenvalue weighted by molar-refractivity contribution is 7.89. The van der Waals surface area contributed by atoms with E-state index in [0.29, 0.717) is 36.4 Å². The highest BCUT2D eigenvalue weighted by Gasteiger charge is 2.35. The summed E-state index contributed by atoms with van der Waals surface area (Å²) in [6.45, 7) is 7.66. The van der Waals surface area contributed by atoms with Crippen molar-refractivity contribution in [2.24, 2.45) is 0 Å². The first-order valence-corrected chi connectivity index (χ1v) is 9.73. The minimum absolute atomic E-state index is 0. The maximum absolute atomic E-state index is 12.8. The van der Waals surface area contributed by atoms with Crippen LogP contribution in [0.1, 0.15) is 13.3 Å². The predicted octanol–water partition coefficient (Wildman–Crippen LogP) is 1.18. The molecule has 24 heavy (non-hydrogen) atoms. The van der Waals surface area contributed by atoms with Gasteiger partial charge in [0.2, 0.25) is 10.0 Å². The van der Waals surface area contributed by atoms with E-state index in [0.717, 1.165) is 32.6 Å². The molecule has 0 aliphatic carbocycles. The SMILES string of the molecule is CCOc1ccc(S(=O)(=O)N2CCC(N3CCNCC3)C2)cc1.Cl. The van der Waals surface area contributed by atoms with Crippen LogP contribution in [0.4, 0.5) is 0 Å². The summed E-state index contributed by atoms with van der Waals surface area (Å²) >= 11 is 0. The highest BCUT2D eigenvalue weighted by Crippen LogP contribution is 2.25. The summed E-state index contributed by atoms with van der Waals surface area (Å²) in [6, 6.07) is 7.06. The van der Waals surface area contributed by atoms with Crippen LogP contribution in [-0.2, 0) is 10.0 Å². The Labute approximate surface area is 150 Å². The third-order valence-corrected chi connectivity index (χ3v) is 6.45. The predicted molar refractivity (Wildman–Crippen MR) is 96.5 cm³/mol. The van der Waals surface area contributed by atoms with Crippen LogP contribution in [0, 0.1) is 0 Å². The summed E-state index contributed by atoms with van der Waals surface area (Å²) in [4.78, 5) is 2.76. The van der Waals surface area contributed by atoms with Crippen LogP contribution in [0.2, 0.25) is 0 Å². The Bertz CT molecular complexity index is 618. The van der Waals surface area contributed by atoms with Crippen LogP contribution in [0.5, 0.6) is 5.75 Å². The van der Waals surface area contributed by atoms with Crippen molar-refractivity contribution in [2.75, 3.05) is 45.9 Å². The molecular weight excluding hydrogens is 350 g/mol. The first-order valence-electron chi connectivity index (χ1n) is 8.29. The van der Waals surface area contributed by atoms with Crippen molar-refractivity contribution in [2.45, 2.75) is 24.3 Å². The second-order valence-corrected chi connectivity index (χ2v) is 7.93. The second kappa shape index (κ2) is 8.49. The topological polar surface area (TPSA) is 61.9 Å². The molecule has 0 radical (unpaired) electrons. The molecule has 3 rings (SSSR count). The summed E-state index contributed by atoms with van der Waals surface area (Å²) in [7, 11) is -3.41. The number of sulfonamides is 1. The first kappa shape index (κ1) is 19.5. The molecule has 1 aromatic rings. The Kier molecular flexibility index (Phi) is 6.88. The van der Waals surface area contributed by atoms with Gasteiger partial charge >= 0.3 is 0 Å². The quantitative estimate of drug-likeness (QED) is 0.837. The van der Waals surface area contributed by atoms with Gasteiger partial charge in [0, 0.05) is 45.3 Å². The average Bonchev–Trinajstić information content (AvgIpc) is 3.07. The molecule has 2 saturated heterocycles. The molecule has 2 fully saturated rings. The molecule has 0 saturated carbocycles. The lowest BCUT2D eigenvalue weighted by Crippen LogP contribution is -2.49. The number of benzene rings is 1. The monoisotopic (exact) mass is 375 g/mol. The summed E-state index contributed by atoms with van der Waals surface area (Å²) in [5.74, 6) is 0.701. The van der Waals surface area contributed by atoms with E-state index in [1.54, 1.807) is 28.6 Å². The number of hydrogen-bond acceptors (Lipinski definition) is 5. The van der Waals surface area contributed by atoms with E-state index in [1.165, 1.54) is 0 Å². The Morgan fingerprint density at radius 3 is 2.46 bits per heavy atom. The normalized spacial score (nSPS) is 23.0. The lowest BCUT2D eigenvalue weighted by molar-refractivity contribution is 0.179. The van der Waals surface area contributed by atoms with Crippen LogP contribution in [0.25, 0.3) is 0 Å². The summed E-state index contributed by atoms with van der Waals surface area (Å²) < 4.78 is 32.6. The van der Waals surface area contributed by atoms with E-state index in [-0.39, 0.29) is 12.4 Å². The Morgan fingerprint density at radius 1 is 1.17 bits per heavy atom. The Hall–Kier alpha value is -0.860. The van der Waals surface area contributed by atoms with Crippen molar-refractivity contribution in [3.63, 3.8) is 0 Å². The molecule has 6 nitrogen and oxygen atoms in total. The van der Waals surface area contributed by atoms with E-state index >= 15 is 0 Å². The smallest absolute Gasteiger partial charge is 0.243 e. The zero-order valence-electron chi connectivity index (χ0n) is 14.0. The van der Waals surface area contributed by atoms with E-state index in [2.05, 4.69) is 10.2 Å². The number of nitrogens with zero attached hydrogens (tertiary/aromatic N) is 2. The van der Waals surface area contributed by atoms with Gasteiger partial charge in [-0.25, -0.2) is 8.42 Å². The molecule has 8 heteroatoms. The van der Waals surface area contributed by atoms with Crippen molar-refractivity contribution in [1.29, 1.82) is 0 Å². The van der Waals surface area contributed by atoms with Crippen LogP contribution in [0.15, 0.2) is 29.2 Å². The summed E-state index contributed by atoms with van der Waals surface area (Å²) in [5, 5.41) is 3.34. The Morgan fingerprint density at radius 2 is 1.83 bits per heavy atom. The highest BCUT2D eigenvalue weighted by atomic mass is 35.5. The number of hydrogen-bond donors (Lipinski definition) is 1. The summed E-state index contributed by atoms with van der Waals surface area (Å²) in [6.07, 6.45) is 0.913. The number of halogens is 1. The van der Waals surface area contributed by atoms with Gasteiger partial charge in [0.15, 0.2) is 0 Å². The van der Waals surface area contributed by atoms with E-state index in [1.807, 2.05) is 6.92 Å². The fourth-order valence-corrected chi connectivity index (χ4v) is 4.79. The van der Waals surface area contributed by atoms with Gasteiger partial charge in [0.05, 0.1) is 11.5 Å². The molecule has 0 spiro atoms. The van der Waals surface area contributed by atoms with E-state index < -0.39 is 10.0 Å². The standard InChI is InChI=1S/C16H25N3O3S.ClH/c1-2-22-15-3-5-16(6-4-15)23(20,21)19-10-7-14(13-19)18-11-8-17-9-12-18;/h3-6,14,17H,2,7-13H2,1H3;1H. The number of rotatable bonds is 5. The van der Waals surface area contributed by atoms with Gasteiger partial charge in [-0.2, -0.15) is 4.31 Å². The first-order chi connectivity index (χ1) is 11.1. The van der Waals surface area contributed by atoms with Crippen molar-refractivity contribution >= 4 is 22.4 Å². The molecule has 1 aromatic carbocycles. The molecule has 2 aliphatic rings. The van der Waals surface area contributed by atoms with Crippen LogP contribution >= 0.6 is 12.4 Å². The lowest BCUT2D eigenvalue weighted by Gasteiger charge is -2.32. The molecule has 2 aliphatic heterocycles. The molecule has 1 unspecified atom stereocenters. The third-order valence-electron chi connectivity index (χ3n) is 4.57. The Balaban J connectivity index is 0.00000208. The molecular formula is C16H26ClN3O3S. The molecule has 0 aromatic heterocycles. The van der Waals surface area contributed by atoms with Gasteiger partial charge in [-0.3, -0.25) is 4.90 Å². The van der Waals surface area contributed by atoms with Gasteiger partial charge in [-0.15, -0.1) is 12.4 Å². The van der Waals surface area contributed by atoms with E-state index in [4.69, 9.17) is 4.74 Å². The average molecular weight is 376 g/mol. The van der Waals surface area contributed by atoms with Gasteiger partial charge in [-0.1, -0.05) is 0 Å². The van der Waals surface area contributed by atoms with E-state index in [9.17, 15) is 8.42 Å². The fraction of sp³-hybridized carbons (Fsp3) is 0.625. The number of nitrogens with one attached hydrogen (secondary N) is 1. The summed E-state index contributed by atoms with van der Waals surface area (Å²) in [5.41, 5.74) is 0. The van der Waals surface area contributed by atoms with Crippen LogP contribution < -0.4 is 10.1 Å². The van der Waals surface area contributed by atoms with Crippen LogP contribution in [-0.4, -0.2) is 69.5 Å². The minimum atomic E-state index is -3.41. The fourth-order valence-electron chi connectivity index (χ4n) is 3.30. The number of piperazine rings is 1. The second-order valence-electron chi connectivity index (χ2n) is 6.00. The van der Waals surface area contributed by atoms with Crippen LogP contribution in [0.3, 0.4) is 0 Å². The van der Waals surface area contributed by atoms with Crippen molar-refractivity contribution < 1.29 is 13.2 Å². The van der Waals surface area contributed by atoms with Gasteiger partial charge < -0.3 is 10.1 Å². The van der Waals surface area contributed by atoms with Crippen molar-refractivity contribution in [3.8, 4) is 5.75 Å². The molecule has 0 bridgehead atoms. The molecule has 0 amide bonds. The van der Waals surface area contributed by atoms with Gasteiger partial charge in [0.1, 0.15) is 5.75 Å². The minimum Gasteiger partial charge on any atom is -0.494 e. The van der Waals surface area contributed by atoms with Crippen molar-refractivity contribution in [1.82, 2.24) is 14.5 Å². The zero-order chi connectivity index (χ0) is 16.3. The van der Waals surface area contributed by atoms with Crippen molar-refractivity contribution in [3.05, 3.63) is 24.3 Å². The van der Waals surface area contributed by atoms with Gasteiger partial charge in [-0.05, 0) is 37.6 Å². The largest absolute Gasteiger partial charge is 0.494 e. The molecule has 1 N–H and O–H groups in total. The number of ether oxygens (including phenoxy) is 1. The van der Waals surface area contributed by atoms with Gasteiger partial charge in [0.25, 0.3) is 0 Å². The maximum atomic E-state index is 12.8.